The Kier molecular flexibility index (Phi) is 4.34. The number of anilines is 1. The van der Waals surface area contributed by atoms with Crippen molar-refractivity contribution in [2.24, 2.45) is 0 Å². The molecule has 0 unspecified atom stereocenters. The first-order valence-electron chi connectivity index (χ1n) is 5.15. The first-order valence-corrected chi connectivity index (χ1v) is 6.35. The second kappa shape index (κ2) is 5.84. The SMILES string of the molecule is Fc1cccc(SNc2ccc(C(F)(F)F)c(Cl)n2)n1. The third kappa shape index (κ3) is 3.73. The Balaban J connectivity index is 2.10. The largest absolute Gasteiger partial charge is 0.419 e. The summed E-state index contributed by atoms with van der Waals surface area (Å²) in [5.41, 5.74) is -1.02. The number of alkyl halides is 3. The van der Waals surface area contributed by atoms with E-state index in [0.717, 1.165) is 24.1 Å². The van der Waals surface area contributed by atoms with Gasteiger partial charge in [-0.3, -0.25) is 0 Å². The molecule has 0 radical (unpaired) electrons. The highest BCUT2D eigenvalue weighted by molar-refractivity contribution is 8.00. The van der Waals surface area contributed by atoms with Crippen LogP contribution in [0.4, 0.5) is 23.4 Å². The van der Waals surface area contributed by atoms with Crippen molar-refractivity contribution in [3.05, 3.63) is 47.0 Å². The zero-order valence-corrected chi connectivity index (χ0v) is 11.2. The monoisotopic (exact) mass is 323 g/mol. The average molecular weight is 324 g/mol. The number of hydrogen-bond acceptors (Lipinski definition) is 4. The van der Waals surface area contributed by atoms with E-state index in [9.17, 15) is 17.6 Å². The molecule has 20 heavy (non-hydrogen) atoms. The highest BCUT2D eigenvalue weighted by Crippen LogP contribution is 2.34. The molecule has 0 saturated carbocycles. The molecule has 0 saturated heterocycles. The van der Waals surface area contributed by atoms with Crippen LogP contribution < -0.4 is 4.72 Å². The van der Waals surface area contributed by atoms with Gasteiger partial charge in [-0.25, -0.2) is 9.97 Å². The normalized spacial score (nSPS) is 11.4. The maximum Gasteiger partial charge on any atom is 0.419 e. The van der Waals surface area contributed by atoms with E-state index in [4.69, 9.17) is 11.6 Å². The minimum atomic E-state index is -4.56. The first kappa shape index (κ1) is 14.9. The Hall–Kier alpha value is -1.54. The molecule has 0 spiro atoms. The molecule has 0 bridgehead atoms. The van der Waals surface area contributed by atoms with Gasteiger partial charge in [0.05, 0.1) is 5.56 Å². The van der Waals surface area contributed by atoms with Crippen molar-refractivity contribution < 1.29 is 17.6 Å². The Labute approximate surface area is 120 Å². The van der Waals surface area contributed by atoms with Crippen molar-refractivity contribution in [1.82, 2.24) is 9.97 Å². The number of pyridine rings is 2. The van der Waals surface area contributed by atoms with E-state index in [-0.39, 0.29) is 5.82 Å². The zero-order chi connectivity index (χ0) is 14.8. The second-order valence-electron chi connectivity index (χ2n) is 3.54. The summed E-state index contributed by atoms with van der Waals surface area (Å²) in [7, 11) is 0. The third-order valence-corrected chi connectivity index (χ3v) is 3.14. The van der Waals surface area contributed by atoms with Gasteiger partial charge in [-0.05, 0) is 24.3 Å². The van der Waals surface area contributed by atoms with Gasteiger partial charge in [0, 0.05) is 11.9 Å². The second-order valence-corrected chi connectivity index (χ2v) is 4.72. The Bertz CT molecular complexity index is 621. The molecule has 0 aliphatic heterocycles. The number of nitrogens with one attached hydrogen (secondary N) is 1. The molecule has 2 heterocycles. The first-order chi connectivity index (χ1) is 9.36. The fourth-order valence-electron chi connectivity index (χ4n) is 1.25. The molecule has 2 rings (SSSR count). The number of nitrogens with zero attached hydrogens (tertiary/aromatic N) is 2. The minimum absolute atomic E-state index is 0.110. The van der Waals surface area contributed by atoms with Crippen LogP contribution in [0.15, 0.2) is 35.4 Å². The maximum atomic E-state index is 12.8. The van der Waals surface area contributed by atoms with Gasteiger partial charge in [0.2, 0.25) is 5.95 Å². The number of rotatable bonds is 3. The van der Waals surface area contributed by atoms with Crippen molar-refractivity contribution in [3.63, 3.8) is 0 Å². The molecule has 0 amide bonds. The van der Waals surface area contributed by atoms with Crippen LogP contribution in [0.5, 0.6) is 0 Å². The van der Waals surface area contributed by atoms with Crippen LogP contribution >= 0.6 is 23.5 Å². The molecule has 0 aliphatic rings. The number of aromatic nitrogens is 2. The Morgan fingerprint density at radius 2 is 1.85 bits per heavy atom. The lowest BCUT2D eigenvalue weighted by Gasteiger charge is -2.10. The molecule has 2 aromatic rings. The van der Waals surface area contributed by atoms with E-state index in [0.29, 0.717) is 5.03 Å². The summed E-state index contributed by atoms with van der Waals surface area (Å²) in [5, 5.41) is -0.349. The fraction of sp³-hybridized carbons (Fsp3) is 0.0909. The average Bonchev–Trinajstić information content (AvgIpc) is 2.35. The van der Waals surface area contributed by atoms with Crippen LogP contribution in [0.25, 0.3) is 0 Å². The number of hydrogen-bond donors (Lipinski definition) is 1. The lowest BCUT2D eigenvalue weighted by molar-refractivity contribution is -0.137. The smallest absolute Gasteiger partial charge is 0.309 e. The van der Waals surface area contributed by atoms with Gasteiger partial charge in [-0.15, -0.1) is 0 Å². The van der Waals surface area contributed by atoms with Crippen molar-refractivity contribution >= 4 is 29.4 Å². The molecule has 0 aromatic carbocycles. The van der Waals surface area contributed by atoms with Gasteiger partial charge in [-0.1, -0.05) is 17.7 Å². The van der Waals surface area contributed by atoms with Gasteiger partial charge in [0.1, 0.15) is 16.0 Å². The molecular formula is C11H6ClF4N3S. The molecule has 106 valence electrons. The molecule has 2 aromatic heterocycles. The van der Waals surface area contributed by atoms with Gasteiger partial charge in [0.25, 0.3) is 0 Å². The van der Waals surface area contributed by atoms with Crippen molar-refractivity contribution in [2.75, 3.05) is 4.72 Å². The van der Waals surface area contributed by atoms with Gasteiger partial charge < -0.3 is 4.72 Å². The zero-order valence-electron chi connectivity index (χ0n) is 9.58. The van der Waals surface area contributed by atoms with Gasteiger partial charge in [0.15, 0.2) is 0 Å². The molecule has 0 atom stereocenters. The molecule has 1 N–H and O–H groups in total. The highest BCUT2D eigenvalue weighted by Gasteiger charge is 2.33. The van der Waals surface area contributed by atoms with Gasteiger partial charge >= 0.3 is 6.18 Å². The summed E-state index contributed by atoms with van der Waals surface area (Å²) in [6.07, 6.45) is -4.56. The van der Waals surface area contributed by atoms with Crippen LogP contribution in [-0.2, 0) is 6.18 Å². The highest BCUT2D eigenvalue weighted by atomic mass is 35.5. The van der Waals surface area contributed by atoms with Crippen LogP contribution in [0.3, 0.4) is 0 Å². The van der Waals surface area contributed by atoms with Crippen molar-refractivity contribution in [3.8, 4) is 0 Å². The van der Waals surface area contributed by atoms with Crippen LogP contribution in [0, 0.1) is 5.95 Å². The summed E-state index contributed by atoms with van der Waals surface area (Å²) < 4.78 is 52.9. The van der Waals surface area contributed by atoms with E-state index in [1.165, 1.54) is 18.2 Å². The van der Waals surface area contributed by atoms with E-state index in [2.05, 4.69) is 14.7 Å². The summed E-state index contributed by atoms with van der Waals surface area (Å²) in [4.78, 5) is 7.13. The molecule has 9 heteroatoms. The fourth-order valence-corrected chi connectivity index (χ4v) is 2.12. The summed E-state index contributed by atoms with van der Waals surface area (Å²) in [6, 6.07) is 6.11. The summed E-state index contributed by atoms with van der Waals surface area (Å²) in [5.74, 6) is -0.547. The third-order valence-electron chi connectivity index (χ3n) is 2.10. The van der Waals surface area contributed by atoms with E-state index < -0.39 is 22.8 Å². The Morgan fingerprint density at radius 1 is 1.10 bits per heavy atom. The van der Waals surface area contributed by atoms with Gasteiger partial charge in [-0.2, -0.15) is 17.6 Å². The quantitative estimate of drug-likeness (QED) is 0.516. The molecule has 3 nitrogen and oxygen atoms in total. The van der Waals surface area contributed by atoms with Crippen LogP contribution in [-0.4, -0.2) is 9.97 Å². The molecular weight excluding hydrogens is 318 g/mol. The summed E-state index contributed by atoms with van der Waals surface area (Å²) in [6.45, 7) is 0. The van der Waals surface area contributed by atoms with Crippen LogP contribution in [0.1, 0.15) is 5.56 Å². The number of halogens is 5. The predicted molar refractivity (Wildman–Crippen MR) is 67.9 cm³/mol. The lowest BCUT2D eigenvalue weighted by atomic mass is 10.3. The minimum Gasteiger partial charge on any atom is -0.309 e. The Morgan fingerprint density at radius 3 is 2.45 bits per heavy atom. The lowest BCUT2D eigenvalue weighted by Crippen LogP contribution is -2.07. The van der Waals surface area contributed by atoms with Crippen LogP contribution in [0.2, 0.25) is 5.15 Å². The topological polar surface area (TPSA) is 37.8 Å². The molecule has 0 aliphatic carbocycles. The maximum absolute atomic E-state index is 12.8. The standard InChI is InChI=1S/C11H6ClF4N3S/c12-10-6(11(14,15)16)4-5-8(18-10)19-20-9-3-1-2-7(13)17-9/h1-5H,(H,18,19). The van der Waals surface area contributed by atoms with E-state index in [1.54, 1.807) is 0 Å². The predicted octanol–water partition coefficient (Wildman–Crippen LogP) is 4.41. The van der Waals surface area contributed by atoms with Crippen molar-refractivity contribution in [1.29, 1.82) is 0 Å². The van der Waals surface area contributed by atoms with E-state index in [1.807, 2.05) is 0 Å². The molecule has 0 fully saturated rings. The van der Waals surface area contributed by atoms with Crippen molar-refractivity contribution in [2.45, 2.75) is 11.2 Å². The van der Waals surface area contributed by atoms with E-state index >= 15 is 0 Å². The summed E-state index contributed by atoms with van der Waals surface area (Å²) >= 11 is 6.37.